The average molecular weight is 934 g/mol. The van der Waals surface area contributed by atoms with Gasteiger partial charge in [-0.25, -0.2) is 27.5 Å². The molecule has 10 rings (SSSR count). The number of likely N-dealkylation sites (tertiary alicyclic amines) is 1. The molecule has 0 radical (unpaired) electrons. The molecule has 2 aliphatic heterocycles. The largest absolute Gasteiger partial charge is 0.455 e. The number of aliphatic hydroxyl groups excluding tert-OH is 1. The van der Waals surface area contributed by atoms with Crippen molar-refractivity contribution in [2.24, 2.45) is 11.3 Å². The van der Waals surface area contributed by atoms with E-state index in [1.165, 1.54) is 36.1 Å². The Morgan fingerprint density at radius 1 is 1.03 bits per heavy atom. The zero-order chi connectivity index (χ0) is 46.6. The number of nitrogens with one attached hydrogen (secondary N) is 4. The second kappa shape index (κ2) is 17.8. The first-order valence-corrected chi connectivity index (χ1v) is 24.9. The SMILES string of the molecule is CC(C)c1ccccc1[C@@H]1CCCN1C1CC2(CCN(c3cc(Oc4cnc5[nH]ccc5c4)c(C(=O)NS(=O)(=O)c4cc([N+](=O)[O-])c(NCC5CCC(O)CC5)c5[nH]cnc45)cc3F)CC2)C1. The molecule has 5 N–H and O–H groups in total. The number of hydrogen-bond acceptors (Lipinski definition) is 12. The van der Waals surface area contributed by atoms with Crippen molar-refractivity contribution >= 4 is 55.1 Å². The lowest BCUT2D eigenvalue weighted by Gasteiger charge is -2.56. The summed E-state index contributed by atoms with van der Waals surface area (Å²) < 4.78 is 53.1. The second-order valence-corrected chi connectivity index (χ2v) is 21.0. The topological polar surface area (TPSA) is 212 Å². The Balaban J connectivity index is 0.890. The molecule has 1 amide bonds. The highest BCUT2D eigenvalue weighted by molar-refractivity contribution is 7.90. The Morgan fingerprint density at radius 3 is 2.57 bits per heavy atom. The van der Waals surface area contributed by atoms with Gasteiger partial charge in [0.15, 0.2) is 0 Å². The minimum Gasteiger partial charge on any atom is -0.455 e. The van der Waals surface area contributed by atoms with E-state index in [-0.39, 0.29) is 51.3 Å². The van der Waals surface area contributed by atoms with Gasteiger partial charge in [-0.15, -0.1) is 0 Å². The first-order chi connectivity index (χ1) is 32.3. The quantitative estimate of drug-likeness (QED) is 0.0542. The van der Waals surface area contributed by atoms with Crippen LogP contribution in [-0.4, -0.2) is 87.5 Å². The number of piperidine rings is 1. The number of imidazole rings is 1. The van der Waals surface area contributed by atoms with Crippen LogP contribution in [0.15, 0.2) is 78.2 Å². The predicted molar refractivity (Wildman–Crippen MR) is 253 cm³/mol. The van der Waals surface area contributed by atoms with Crippen molar-refractivity contribution in [3.8, 4) is 11.5 Å². The van der Waals surface area contributed by atoms with Crippen molar-refractivity contribution in [3.05, 3.63) is 106 Å². The number of aromatic nitrogens is 4. The number of carbonyl (C=O) groups is 1. The van der Waals surface area contributed by atoms with Crippen LogP contribution >= 0.6 is 0 Å². The minimum atomic E-state index is -4.87. The molecule has 6 aromatic rings. The van der Waals surface area contributed by atoms with Gasteiger partial charge in [0.05, 0.1) is 40.3 Å². The summed E-state index contributed by atoms with van der Waals surface area (Å²) in [5.41, 5.74) is 2.91. The van der Waals surface area contributed by atoms with E-state index >= 15 is 4.39 Å². The number of hydrogen-bond donors (Lipinski definition) is 5. The van der Waals surface area contributed by atoms with Crippen LogP contribution in [0.3, 0.4) is 0 Å². The van der Waals surface area contributed by atoms with Gasteiger partial charge >= 0.3 is 0 Å². The number of anilines is 2. The van der Waals surface area contributed by atoms with Crippen molar-refractivity contribution in [3.63, 3.8) is 0 Å². The first-order valence-electron chi connectivity index (χ1n) is 23.4. The van der Waals surface area contributed by atoms with Gasteiger partial charge in [-0.2, -0.15) is 0 Å². The molecule has 2 aliphatic carbocycles. The summed E-state index contributed by atoms with van der Waals surface area (Å²) in [4.78, 5) is 44.4. The lowest BCUT2D eigenvalue weighted by molar-refractivity contribution is -0.384. The van der Waals surface area contributed by atoms with Gasteiger partial charge in [0.2, 0.25) is 0 Å². The van der Waals surface area contributed by atoms with E-state index in [1.807, 2.05) is 9.62 Å². The van der Waals surface area contributed by atoms with Crippen LogP contribution in [0.2, 0.25) is 0 Å². The lowest BCUT2D eigenvalue weighted by atomic mass is 9.59. The van der Waals surface area contributed by atoms with Crippen molar-refractivity contribution in [2.45, 2.75) is 107 Å². The summed E-state index contributed by atoms with van der Waals surface area (Å²) in [6.07, 6.45) is 13.0. The van der Waals surface area contributed by atoms with Crippen molar-refractivity contribution < 1.29 is 32.4 Å². The van der Waals surface area contributed by atoms with Crippen LogP contribution in [0.1, 0.15) is 112 Å². The van der Waals surface area contributed by atoms with Gasteiger partial charge in [-0.3, -0.25) is 19.8 Å². The summed E-state index contributed by atoms with van der Waals surface area (Å²) in [6.45, 7) is 7.15. The van der Waals surface area contributed by atoms with Gasteiger partial charge < -0.3 is 30.0 Å². The molecule has 352 valence electrons. The molecule has 0 bridgehead atoms. The maximum Gasteiger partial charge on any atom is 0.296 e. The number of halogens is 1. The molecule has 1 atom stereocenters. The van der Waals surface area contributed by atoms with Crippen LogP contribution in [0.5, 0.6) is 11.5 Å². The molecule has 2 saturated carbocycles. The molecule has 0 unspecified atom stereocenters. The molecular formula is C49H56FN9O7S. The van der Waals surface area contributed by atoms with E-state index in [0.29, 0.717) is 56.1 Å². The molecule has 1 spiro atoms. The Bertz CT molecular complexity index is 2950. The molecule has 3 aromatic carbocycles. The fourth-order valence-electron chi connectivity index (χ4n) is 11.3. The Labute approximate surface area is 387 Å². The number of sulfonamides is 1. The monoisotopic (exact) mass is 933 g/mol. The molecule has 4 aliphatic rings. The number of nitro benzene ring substituents is 1. The van der Waals surface area contributed by atoms with Gasteiger partial charge in [0, 0.05) is 55.4 Å². The number of nitrogens with zero attached hydrogens (tertiary/aromatic N) is 5. The zero-order valence-electron chi connectivity index (χ0n) is 37.6. The third-order valence-electron chi connectivity index (χ3n) is 14.9. The van der Waals surface area contributed by atoms with E-state index in [4.69, 9.17) is 4.74 Å². The molecule has 16 nitrogen and oxygen atoms in total. The number of aromatic amines is 2. The predicted octanol–water partition coefficient (Wildman–Crippen LogP) is 9.07. The highest BCUT2D eigenvalue weighted by Crippen LogP contribution is 2.54. The molecule has 18 heteroatoms. The van der Waals surface area contributed by atoms with E-state index < -0.39 is 42.8 Å². The normalized spacial score (nSPS) is 21.3. The average Bonchev–Trinajstić information content (AvgIpc) is 4.10. The lowest BCUT2D eigenvalue weighted by Crippen LogP contribution is -2.55. The number of aliphatic hydroxyl groups is 1. The molecule has 3 aromatic heterocycles. The first kappa shape index (κ1) is 44.7. The number of carbonyl (C=O) groups excluding carboxylic acids is 1. The Morgan fingerprint density at radius 2 is 1.81 bits per heavy atom. The number of benzene rings is 3. The number of H-pyrrole nitrogens is 2. The number of ether oxygens (including phenoxy) is 1. The summed E-state index contributed by atoms with van der Waals surface area (Å²) in [7, 11) is -4.87. The highest BCUT2D eigenvalue weighted by atomic mass is 32.2. The summed E-state index contributed by atoms with van der Waals surface area (Å²) in [6, 6.07) is 16.6. The second-order valence-electron chi connectivity index (χ2n) is 19.4. The van der Waals surface area contributed by atoms with Crippen LogP contribution in [0.25, 0.3) is 22.1 Å². The number of amides is 1. The Kier molecular flexibility index (Phi) is 11.9. The van der Waals surface area contributed by atoms with Gasteiger partial charge in [-0.1, -0.05) is 38.1 Å². The van der Waals surface area contributed by atoms with Crippen molar-refractivity contribution in [1.29, 1.82) is 0 Å². The van der Waals surface area contributed by atoms with Crippen molar-refractivity contribution in [2.75, 3.05) is 36.4 Å². The number of pyridine rings is 1. The standard InChI is InChI=1S/C49H56FN9O7S/c1-29(2)35-6-3-4-7-36(35)39-8-5-17-58(39)32-24-49(25-32)14-18-57(19-15-49)40-22-42(66-34-20-31-13-16-51-47(31)53-27-34)37(21-38(40)50)48(61)56-67(64,65)43-23-41(59(62)63)44(46-45(43)54-28-55-46)52-26-30-9-11-33(60)12-10-30/h3-4,6-7,13,16,20-23,27-30,32-33,39,52,60H,5,8-12,14-15,17-19,24-26H2,1-2H3,(H,51,53)(H,54,55)(H,56,61)/t30?,33?,39-/m0/s1. The maximum absolute atomic E-state index is 16.5. The van der Waals surface area contributed by atoms with Crippen LogP contribution < -0.4 is 19.7 Å². The van der Waals surface area contributed by atoms with Crippen LogP contribution in [0, 0.1) is 27.3 Å². The van der Waals surface area contributed by atoms with E-state index in [2.05, 4.69) is 68.3 Å². The molecule has 2 saturated heterocycles. The minimum absolute atomic E-state index is 0.0551. The van der Waals surface area contributed by atoms with Crippen LogP contribution in [-0.2, 0) is 10.0 Å². The number of rotatable bonds is 13. The smallest absolute Gasteiger partial charge is 0.296 e. The van der Waals surface area contributed by atoms with Crippen molar-refractivity contribution in [1.82, 2.24) is 29.6 Å². The summed E-state index contributed by atoms with van der Waals surface area (Å²) in [5.74, 6) is -1.21. The zero-order valence-corrected chi connectivity index (χ0v) is 38.4. The van der Waals surface area contributed by atoms with E-state index in [1.54, 1.807) is 18.3 Å². The molecule has 67 heavy (non-hydrogen) atoms. The molecular weight excluding hydrogens is 878 g/mol. The molecule has 5 heterocycles. The maximum atomic E-state index is 16.5. The number of fused-ring (bicyclic) bond motifs is 2. The fourth-order valence-corrected chi connectivity index (χ4v) is 12.4. The highest BCUT2D eigenvalue weighted by Gasteiger charge is 2.50. The van der Waals surface area contributed by atoms with E-state index in [0.717, 1.165) is 69.0 Å². The number of nitro groups is 1. The fraction of sp³-hybridized carbons (Fsp3) is 0.449. The summed E-state index contributed by atoms with van der Waals surface area (Å²) >= 11 is 0. The van der Waals surface area contributed by atoms with Crippen LogP contribution in [0.4, 0.5) is 21.5 Å². The van der Waals surface area contributed by atoms with Gasteiger partial charge in [-0.05, 0) is 117 Å². The Hall–Kier alpha value is -6.11. The molecule has 4 fully saturated rings. The van der Waals surface area contributed by atoms with Gasteiger partial charge in [0.1, 0.15) is 39.1 Å². The van der Waals surface area contributed by atoms with Gasteiger partial charge in [0.25, 0.3) is 21.6 Å². The summed E-state index contributed by atoms with van der Waals surface area (Å²) in [5, 5.41) is 26.2. The van der Waals surface area contributed by atoms with E-state index in [9.17, 15) is 28.4 Å². The third kappa shape index (κ3) is 8.70. The third-order valence-corrected chi connectivity index (χ3v) is 16.2.